The topological polar surface area (TPSA) is 89.6 Å². The molecule has 1 unspecified atom stereocenters. The van der Waals surface area contributed by atoms with Crippen LogP contribution in [0, 0.1) is 0 Å². The van der Waals surface area contributed by atoms with Crippen LogP contribution in [0.5, 0.6) is 5.75 Å². The summed E-state index contributed by atoms with van der Waals surface area (Å²) in [6.45, 7) is -0.412. The molecule has 0 heterocycles. The maximum atomic E-state index is 12.2. The second-order valence-electron chi connectivity index (χ2n) is 5.09. The van der Waals surface area contributed by atoms with Crippen LogP contribution in [-0.2, 0) is 10.0 Å². The van der Waals surface area contributed by atoms with Crippen molar-refractivity contribution in [2.45, 2.75) is 17.2 Å². The molecular weight excluding hydrogens is 383 g/mol. The zero-order chi connectivity index (χ0) is 18.8. The predicted octanol–water partition coefficient (Wildman–Crippen LogP) is 3.01. The molecule has 0 saturated heterocycles. The van der Waals surface area contributed by atoms with E-state index < -0.39 is 34.7 Å². The lowest BCUT2D eigenvalue weighted by Crippen LogP contribution is -2.17. The summed E-state index contributed by atoms with van der Waals surface area (Å²) in [5.74, 6) is -1.09. The Morgan fingerprint density at radius 3 is 2.16 bits per heavy atom. The molecule has 136 valence electrons. The molecule has 0 aromatic heterocycles. The molecule has 10 heteroatoms. The third-order valence-corrected chi connectivity index (χ3v) is 4.76. The molecule has 0 fully saturated rings. The number of nitrogens with two attached hydrogens (primary N) is 1. The molecule has 0 radical (unpaired) electrons. The van der Waals surface area contributed by atoms with Gasteiger partial charge in [0.25, 0.3) is 0 Å². The zero-order valence-electron chi connectivity index (χ0n) is 12.5. The number of alkyl halides is 3. The lowest BCUT2D eigenvalue weighted by Gasteiger charge is -2.17. The highest BCUT2D eigenvalue weighted by molar-refractivity contribution is 7.89. The average Bonchev–Trinajstić information content (AvgIpc) is 2.48. The smallest absolute Gasteiger partial charge is 0.406 e. The summed E-state index contributed by atoms with van der Waals surface area (Å²) in [6, 6.07) is 8.92. The lowest BCUT2D eigenvalue weighted by atomic mass is 9.92. The van der Waals surface area contributed by atoms with Crippen LogP contribution < -0.4 is 9.88 Å². The van der Waals surface area contributed by atoms with Crippen molar-refractivity contribution < 1.29 is 31.4 Å². The van der Waals surface area contributed by atoms with E-state index in [4.69, 9.17) is 16.7 Å². The molecule has 5 nitrogen and oxygen atoms in total. The van der Waals surface area contributed by atoms with Crippen molar-refractivity contribution in [3.63, 3.8) is 0 Å². The summed E-state index contributed by atoms with van der Waals surface area (Å²) < 4.78 is 63.4. The molecule has 0 bridgehead atoms. The predicted molar refractivity (Wildman–Crippen MR) is 84.9 cm³/mol. The minimum absolute atomic E-state index is 0.0723. The van der Waals surface area contributed by atoms with Gasteiger partial charge in [-0.1, -0.05) is 29.8 Å². The van der Waals surface area contributed by atoms with E-state index in [9.17, 15) is 26.7 Å². The number of hydrogen-bond donors (Lipinski definition) is 2. The largest absolute Gasteiger partial charge is 0.573 e. The number of primary sulfonamides is 1. The fraction of sp³-hybridized carbons (Fsp3) is 0.200. The quantitative estimate of drug-likeness (QED) is 0.814. The van der Waals surface area contributed by atoms with Crippen LogP contribution >= 0.6 is 11.6 Å². The van der Waals surface area contributed by atoms with Crippen LogP contribution in [0.15, 0.2) is 47.4 Å². The second-order valence-corrected chi connectivity index (χ2v) is 7.02. The van der Waals surface area contributed by atoms with E-state index in [1.54, 1.807) is 0 Å². The van der Waals surface area contributed by atoms with Gasteiger partial charge in [-0.2, -0.15) is 0 Å². The Morgan fingerprint density at radius 1 is 1.12 bits per heavy atom. The van der Waals surface area contributed by atoms with Crippen molar-refractivity contribution >= 4 is 21.6 Å². The van der Waals surface area contributed by atoms with Gasteiger partial charge in [0.2, 0.25) is 10.0 Å². The maximum Gasteiger partial charge on any atom is 0.573 e. The number of aliphatic hydroxyl groups is 1. The van der Waals surface area contributed by atoms with E-state index in [2.05, 4.69) is 4.74 Å². The van der Waals surface area contributed by atoms with Crippen molar-refractivity contribution in [2.75, 3.05) is 6.61 Å². The van der Waals surface area contributed by atoms with E-state index in [0.29, 0.717) is 11.1 Å². The van der Waals surface area contributed by atoms with Gasteiger partial charge in [0.15, 0.2) is 0 Å². The third-order valence-electron chi connectivity index (χ3n) is 3.36. The summed E-state index contributed by atoms with van der Waals surface area (Å²) in [5.41, 5.74) is 0.847. The summed E-state index contributed by atoms with van der Waals surface area (Å²) >= 11 is 5.81. The Bertz CT molecular complexity index is 854. The molecule has 1 atom stereocenters. The molecule has 2 rings (SSSR count). The van der Waals surface area contributed by atoms with E-state index in [1.807, 2.05) is 0 Å². The normalized spacial score (nSPS) is 13.5. The fourth-order valence-corrected chi connectivity index (χ4v) is 3.34. The van der Waals surface area contributed by atoms with Gasteiger partial charge in [-0.3, -0.25) is 0 Å². The van der Waals surface area contributed by atoms with Gasteiger partial charge in [-0.15, -0.1) is 13.2 Å². The number of ether oxygens (including phenoxy) is 1. The van der Waals surface area contributed by atoms with Crippen molar-refractivity contribution in [3.8, 4) is 5.75 Å². The minimum atomic E-state index is -4.81. The highest BCUT2D eigenvalue weighted by Gasteiger charge is 2.31. The van der Waals surface area contributed by atoms with Crippen LogP contribution in [0.4, 0.5) is 13.2 Å². The summed E-state index contributed by atoms with van der Waals surface area (Å²) in [4.78, 5) is -0.304. The minimum Gasteiger partial charge on any atom is -0.406 e. The van der Waals surface area contributed by atoms with Crippen LogP contribution in [0.25, 0.3) is 0 Å². The number of aliphatic hydroxyl groups excluding tert-OH is 1. The van der Waals surface area contributed by atoms with Crippen molar-refractivity contribution in [3.05, 3.63) is 58.6 Å². The summed E-state index contributed by atoms with van der Waals surface area (Å²) in [6.07, 6.45) is -4.81. The van der Waals surface area contributed by atoms with Gasteiger partial charge >= 0.3 is 6.36 Å². The highest BCUT2D eigenvalue weighted by atomic mass is 35.5. The van der Waals surface area contributed by atoms with Crippen LogP contribution in [-0.4, -0.2) is 26.5 Å². The summed E-state index contributed by atoms with van der Waals surface area (Å²) in [7, 11) is -4.07. The molecule has 0 saturated carbocycles. The van der Waals surface area contributed by atoms with Gasteiger partial charge in [-0.25, -0.2) is 13.6 Å². The van der Waals surface area contributed by atoms with Crippen LogP contribution in [0.2, 0.25) is 5.02 Å². The molecule has 25 heavy (non-hydrogen) atoms. The van der Waals surface area contributed by atoms with Gasteiger partial charge < -0.3 is 9.84 Å². The van der Waals surface area contributed by atoms with Crippen LogP contribution in [0.1, 0.15) is 17.0 Å². The lowest BCUT2D eigenvalue weighted by molar-refractivity contribution is -0.274. The highest BCUT2D eigenvalue weighted by Crippen LogP contribution is 2.31. The van der Waals surface area contributed by atoms with Gasteiger partial charge in [0.1, 0.15) is 10.6 Å². The van der Waals surface area contributed by atoms with E-state index in [1.165, 1.54) is 30.3 Å². The molecule has 2 aromatic rings. The number of benzene rings is 2. The van der Waals surface area contributed by atoms with Crippen molar-refractivity contribution in [2.24, 2.45) is 5.14 Å². The van der Waals surface area contributed by atoms with Crippen molar-refractivity contribution in [1.82, 2.24) is 0 Å². The SMILES string of the molecule is NS(=O)(=O)c1cc(C(CO)c2ccc(OC(F)(F)F)cc2)ccc1Cl. The first kappa shape index (κ1) is 19.5. The van der Waals surface area contributed by atoms with Gasteiger partial charge in [0, 0.05) is 5.92 Å². The van der Waals surface area contributed by atoms with E-state index in [0.717, 1.165) is 12.1 Å². The van der Waals surface area contributed by atoms with Crippen LogP contribution in [0.3, 0.4) is 0 Å². The van der Waals surface area contributed by atoms with E-state index >= 15 is 0 Å². The molecule has 0 amide bonds. The Morgan fingerprint density at radius 2 is 1.68 bits per heavy atom. The monoisotopic (exact) mass is 395 g/mol. The second kappa shape index (κ2) is 7.20. The number of sulfonamides is 1. The molecule has 0 aliphatic heterocycles. The molecular formula is C15H13ClF3NO4S. The summed E-state index contributed by atoms with van der Waals surface area (Å²) in [5, 5.41) is 14.6. The fourth-order valence-electron chi connectivity index (χ4n) is 2.26. The maximum absolute atomic E-state index is 12.2. The molecule has 0 aliphatic rings. The Balaban J connectivity index is 2.37. The zero-order valence-corrected chi connectivity index (χ0v) is 14.1. The number of rotatable bonds is 5. The first-order valence-corrected chi connectivity index (χ1v) is 8.72. The number of halogens is 4. The third kappa shape index (κ3) is 5.08. The molecule has 0 aliphatic carbocycles. The first-order valence-electron chi connectivity index (χ1n) is 6.80. The van der Waals surface area contributed by atoms with Crippen molar-refractivity contribution in [1.29, 1.82) is 0 Å². The number of hydrogen-bond acceptors (Lipinski definition) is 4. The molecule has 0 spiro atoms. The first-order chi connectivity index (χ1) is 11.5. The molecule has 3 N–H and O–H groups in total. The molecule has 2 aromatic carbocycles. The van der Waals surface area contributed by atoms with Gasteiger partial charge in [-0.05, 0) is 35.4 Å². The Labute approximate surface area is 146 Å². The Hall–Kier alpha value is -1.81. The standard InChI is InChI=1S/C15H13ClF3NO4S/c16-13-6-3-10(7-14(13)25(20,22)23)12(8-21)9-1-4-11(5-2-9)24-15(17,18)19/h1-7,12,21H,8H2,(H2,20,22,23). The van der Waals surface area contributed by atoms with Gasteiger partial charge in [0.05, 0.1) is 11.6 Å². The average molecular weight is 396 g/mol. The van der Waals surface area contributed by atoms with E-state index in [-0.39, 0.29) is 9.92 Å². The Kier molecular flexibility index (Phi) is 5.62.